The maximum Gasteiger partial charge on any atom is 0.231 e. The second kappa shape index (κ2) is 8.65. The SMILES string of the molecule is O=C([C@@H](CNCc1cccc(O)c1)c1ccccc1)N1CCOCC1. The normalized spacial score (nSPS) is 15.8. The minimum absolute atomic E-state index is 0.137. The Morgan fingerprint density at radius 1 is 1.12 bits per heavy atom. The molecular formula is C20H24N2O3. The van der Waals surface area contributed by atoms with E-state index in [0.29, 0.717) is 39.4 Å². The molecule has 1 amide bonds. The molecule has 132 valence electrons. The van der Waals surface area contributed by atoms with Crippen molar-refractivity contribution >= 4 is 5.91 Å². The van der Waals surface area contributed by atoms with Crippen molar-refractivity contribution in [2.45, 2.75) is 12.5 Å². The van der Waals surface area contributed by atoms with Gasteiger partial charge in [-0.15, -0.1) is 0 Å². The molecule has 5 nitrogen and oxygen atoms in total. The zero-order chi connectivity index (χ0) is 17.5. The highest BCUT2D eigenvalue weighted by Crippen LogP contribution is 2.19. The average molecular weight is 340 g/mol. The minimum atomic E-state index is -0.225. The van der Waals surface area contributed by atoms with Gasteiger partial charge in [0.05, 0.1) is 19.1 Å². The summed E-state index contributed by atoms with van der Waals surface area (Å²) in [4.78, 5) is 14.9. The van der Waals surface area contributed by atoms with Crippen LogP contribution in [0.1, 0.15) is 17.0 Å². The summed E-state index contributed by atoms with van der Waals surface area (Å²) in [5, 5.41) is 12.9. The number of phenols is 1. The molecule has 25 heavy (non-hydrogen) atoms. The predicted octanol–water partition coefficient (Wildman–Crippen LogP) is 2.12. The van der Waals surface area contributed by atoms with E-state index < -0.39 is 0 Å². The zero-order valence-corrected chi connectivity index (χ0v) is 14.2. The molecule has 0 aromatic heterocycles. The van der Waals surface area contributed by atoms with Crippen LogP contribution in [0.25, 0.3) is 0 Å². The molecule has 0 spiro atoms. The van der Waals surface area contributed by atoms with Crippen molar-refractivity contribution in [3.05, 3.63) is 65.7 Å². The van der Waals surface area contributed by atoms with Crippen molar-refractivity contribution in [3.63, 3.8) is 0 Å². The predicted molar refractivity (Wildman–Crippen MR) is 96.4 cm³/mol. The molecule has 1 fully saturated rings. The molecule has 0 radical (unpaired) electrons. The number of nitrogens with zero attached hydrogens (tertiary/aromatic N) is 1. The fourth-order valence-corrected chi connectivity index (χ4v) is 3.06. The van der Waals surface area contributed by atoms with Crippen LogP contribution in [-0.4, -0.2) is 48.8 Å². The molecular weight excluding hydrogens is 316 g/mol. The van der Waals surface area contributed by atoms with Crippen LogP contribution in [-0.2, 0) is 16.1 Å². The Morgan fingerprint density at radius 2 is 1.88 bits per heavy atom. The number of carbonyl (C=O) groups is 1. The summed E-state index contributed by atoms with van der Waals surface area (Å²) >= 11 is 0. The second-order valence-electron chi connectivity index (χ2n) is 6.20. The van der Waals surface area contributed by atoms with Crippen LogP contribution >= 0.6 is 0 Å². The Hall–Kier alpha value is -2.37. The molecule has 1 aliphatic heterocycles. The third kappa shape index (κ3) is 4.81. The summed E-state index contributed by atoms with van der Waals surface area (Å²) in [5.74, 6) is 0.165. The lowest BCUT2D eigenvalue weighted by atomic mass is 9.97. The van der Waals surface area contributed by atoms with Crippen molar-refractivity contribution in [1.29, 1.82) is 0 Å². The number of phenolic OH excluding ortho intramolecular Hbond substituents is 1. The Bertz CT molecular complexity index is 684. The lowest BCUT2D eigenvalue weighted by Gasteiger charge is -2.30. The average Bonchev–Trinajstić information content (AvgIpc) is 2.66. The van der Waals surface area contributed by atoms with Gasteiger partial charge in [-0.2, -0.15) is 0 Å². The number of amides is 1. The quantitative estimate of drug-likeness (QED) is 0.846. The van der Waals surface area contributed by atoms with Crippen LogP contribution in [0.15, 0.2) is 54.6 Å². The molecule has 2 aromatic carbocycles. The van der Waals surface area contributed by atoms with Crippen molar-refractivity contribution in [3.8, 4) is 5.75 Å². The monoisotopic (exact) mass is 340 g/mol. The molecule has 2 N–H and O–H groups in total. The van der Waals surface area contributed by atoms with E-state index in [1.807, 2.05) is 47.4 Å². The summed E-state index contributed by atoms with van der Waals surface area (Å²) in [6, 6.07) is 17.0. The van der Waals surface area contributed by atoms with Gasteiger partial charge in [0, 0.05) is 26.2 Å². The summed E-state index contributed by atoms with van der Waals surface area (Å²) < 4.78 is 5.35. The highest BCUT2D eigenvalue weighted by atomic mass is 16.5. The summed E-state index contributed by atoms with van der Waals surface area (Å²) in [7, 11) is 0. The van der Waals surface area contributed by atoms with Gasteiger partial charge in [0.2, 0.25) is 5.91 Å². The van der Waals surface area contributed by atoms with Gasteiger partial charge < -0.3 is 20.1 Å². The number of carbonyl (C=O) groups excluding carboxylic acids is 1. The molecule has 1 aliphatic rings. The Morgan fingerprint density at radius 3 is 2.60 bits per heavy atom. The summed E-state index contributed by atoms with van der Waals surface area (Å²) in [6.07, 6.45) is 0. The number of ether oxygens (including phenoxy) is 1. The summed E-state index contributed by atoms with van der Waals surface area (Å²) in [6.45, 7) is 3.65. The van der Waals surface area contributed by atoms with Gasteiger partial charge in [0.1, 0.15) is 5.75 Å². The van der Waals surface area contributed by atoms with E-state index in [4.69, 9.17) is 4.74 Å². The molecule has 5 heteroatoms. The highest BCUT2D eigenvalue weighted by Gasteiger charge is 2.26. The van der Waals surface area contributed by atoms with Gasteiger partial charge in [0.15, 0.2) is 0 Å². The van der Waals surface area contributed by atoms with E-state index in [1.165, 1.54) is 0 Å². The van der Waals surface area contributed by atoms with Gasteiger partial charge in [-0.3, -0.25) is 4.79 Å². The first-order valence-electron chi connectivity index (χ1n) is 8.64. The maximum absolute atomic E-state index is 13.0. The van der Waals surface area contributed by atoms with Gasteiger partial charge in [-0.1, -0.05) is 42.5 Å². The maximum atomic E-state index is 13.0. The molecule has 0 aliphatic carbocycles. The summed E-state index contributed by atoms with van der Waals surface area (Å²) in [5.41, 5.74) is 2.01. The third-order valence-corrected chi connectivity index (χ3v) is 4.41. The van der Waals surface area contributed by atoms with E-state index in [-0.39, 0.29) is 17.6 Å². The van der Waals surface area contributed by atoms with E-state index in [0.717, 1.165) is 11.1 Å². The first-order valence-corrected chi connectivity index (χ1v) is 8.64. The highest BCUT2D eigenvalue weighted by molar-refractivity contribution is 5.84. The number of hydrogen-bond donors (Lipinski definition) is 2. The van der Waals surface area contributed by atoms with Gasteiger partial charge in [0.25, 0.3) is 0 Å². The standard InChI is InChI=1S/C20H24N2O3/c23-18-8-4-5-16(13-18)14-21-15-19(17-6-2-1-3-7-17)20(24)22-9-11-25-12-10-22/h1-8,13,19,21,23H,9-12,14-15H2/t19-/m0/s1. The Labute approximate surface area is 148 Å². The molecule has 0 unspecified atom stereocenters. The van der Waals surface area contributed by atoms with E-state index in [2.05, 4.69) is 5.32 Å². The third-order valence-electron chi connectivity index (χ3n) is 4.41. The largest absolute Gasteiger partial charge is 0.508 e. The van der Waals surface area contributed by atoms with E-state index in [9.17, 15) is 9.90 Å². The smallest absolute Gasteiger partial charge is 0.231 e. The molecule has 3 rings (SSSR count). The Kier molecular flexibility index (Phi) is 6.04. The number of benzene rings is 2. The number of hydrogen-bond acceptors (Lipinski definition) is 4. The molecule has 0 bridgehead atoms. The van der Waals surface area contributed by atoms with Crippen molar-refractivity contribution < 1.29 is 14.6 Å². The molecule has 2 aromatic rings. The van der Waals surface area contributed by atoms with Gasteiger partial charge in [-0.05, 0) is 23.3 Å². The van der Waals surface area contributed by atoms with Crippen LogP contribution in [0.2, 0.25) is 0 Å². The first kappa shape index (κ1) is 17.5. The molecule has 0 saturated carbocycles. The van der Waals surface area contributed by atoms with Crippen LogP contribution < -0.4 is 5.32 Å². The van der Waals surface area contributed by atoms with Gasteiger partial charge in [-0.25, -0.2) is 0 Å². The number of aromatic hydroxyl groups is 1. The van der Waals surface area contributed by atoms with Crippen molar-refractivity contribution in [2.75, 3.05) is 32.8 Å². The van der Waals surface area contributed by atoms with Crippen LogP contribution in [0, 0.1) is 0 Å². The van der Waals surface area contributed by atoms with Crippen molar-refractivity contribution in [2.24, 2.45) is 0 Å². The molecule has 1 atom stereocenters. The molecule has 1 heterocycles. The van der Waals surface area contributed by atoms with Crippen LogP contribution in [0.3, 0.4) is 0 Å². The fraction of sp³-hybridized carbons (Fsp3) is 0.350. The van der Waals surface area contributed by atoms with E-state index in [1.54, 1.807) is 12.1 Å². The Balaban J connectivity index is 1.67. The van der Waals surface area contributed by atoms with Crippen LogP contribution in [0.4, 0.5) is 0 Å². The zero-order valence-electron chi connectivity index (χ0n) is 14.2. The lowest BCUT2D eigenvalue weighted by molar-refractivity contribution is -0.136. The first-order chi connectivity index (χ1) is 12.2. The number of nitrogens with one attached hydrogen (secondary N) is 1. The van der Waals surface area contributed by atoms with Crippen molar-refractivity contribution in [1.82, 2.24) is 10.2 Å². The lowest BCUT2D eigenvalue weighted by Crippen LogP contribution is -2.45. The molecule has 1 saturated heterocycles. The van der Waals surface area contributed by atoms with E-state index >= 15 is 0 Å². The van der Waals surface area contributed by atoms with Gasteiger partial charge >= 0.3 is 0 Å². The minimum Gasteiger partial charge on any atom is -0.508 e. The van der Waals surface area contributed by atoms with Crippen LogP contribution in [0.5, 0.6) is 5.75 Å². The number of rotatable bonds is 6. The topological polar surface area (TPSA) is 61.8 Å². The number of morpholine rings is 1. The second-order valence-corrected chi connectivity index (χ2v) is 6.20. The fourth-order valence-electron chi connectivity index (χ4n) is 3.06.